The Morgan fingerprint density at radius 2 is 2.04 bits per heavy atom. The molecule has 0 bridgehead atoms. The van der Waals surface area contributed by atoms with Gasteiger partial charge in [0.15, 0.2) is 0 Å². The van der Waals surface area contributed by atoms with Crippen molar-refractivity contribution in [2.24, 2.45) is 11.3 Å². The zero-order valence-corrected chi connectivity index (χ0v) is 14.4. The van der Waals surface area contributed by atoms with Gasteiger partial charge >= 0.3 is 6.01 Å². The third kappa shape index (κ3) is 2.39. The second-order valence-corrected chi connectivity index (χ2v) is 7.33. The molecule has 0 N–H and O–H groups in total. The fourth-order valence-electron chi connectivity index (χ4n) is 4.41. The van der Waals surface area contributed by atoms with E-state index >= 15 is 0 Å². The highest BCUT2D eigenvalue weighted by atomic mass is 16.6. The van der Waals surface area contributed by atoms with Crippen molar-refractivity contribution in [3.8, 4) is 11.4 Å². The number of rotatable bonds is 4. The number of hydrogen-bond donors (Lipinski definition) is 0. The number of nitro benzene ring substituents is 1. The highest BCUT2D eigenvalue weighted by Gasteiger charge is 2.61. The molecule has 2 heterocycles. The number of anilines is 1. The number of nitro groups is 1. The molecular weight excluding hydrogens is 324 g/mol. The molecule has 3 unspecified atom stereocenters. The van der Waals surface area contributed by atoms with Gasteiger partial charge in [-0.1, -0.05) is 19.0 Å². The fourth-order valence-corrected chi connectivity index (χ4v) is 4.41. The predicted molar refractivity (Wildman–Crippen MR) is 90.2 cm³/mol. The molecule has 1 saturated carbocycles. The lowest BCUT2D eigenvalue weighted by atomic mass is 9.57. The summed E-state index contributed by atoms with van der Waals surface area (Å²) in [5.41, 5.74) is 0.745. The molecule has 1 aliphatic heterocycles. The van der Waals surface area contributed by atoms with Gasteiger partial charge in [0.1, 0.15) is 0 Å². The molecule has 2 aliphatic rings. The predicted octanol–water partition coefficient (Wildman–Crippen LogP) is 2.89. The quantitative estimate of drug-likeness (QED) is 0.621. The molecule has 3 atom stereocenters. The maximum atomic E-state index is 10.7. The van der Waals surface area contributed by atoms with Gasteiger partial charge < -0.3 is 14.2 Å². The minimum Gasteiger partial charge on any atom is -0.377 e. The van der Waals surface area contributed by atoms with Crippen LogP contribution in [0.1, 0.15) is 20.3 Å². The normalized spacial score (nSPS) is 26.8. The number of non-ortho nitro benzene ring substituents is 1. The maximum absolute atomic E-state index is 10.7. The lowest BCUT2D eigenvalue weighted by Gasteiger charge is -2.57. The summed E-state index contributed by atoms with van der Waals surface area (Å²) in [4.78, 5) is 16.8. The van der Waals surface area contributed by atoms with Crippen LogP contribution in [0.5, 0.6) is 0 Å². The second kappa shape index (κ2) is 5.52. The summed E-state index contributed by atoms with van der Waals surface area (Å²) in [5, 5.41) is 14.8. The van der Waals surface area contributed by atoms with Gasteiger partial charge in [-0.05, 0) is 18.6 Å². The van der Waals surface area contributed by atoms with Gasteiger partial charge in [0.05, 0.1) is 11.0 Å². The minimum absolute atomic E-state index is 0.0257. The number of benzene rings is 1. The first-order valence-corrected chi connectivity index (χ1v) is 8.32. The average Bonchev–Trinajstić information content (AvgIpc) is 3.23. The molecular formula is C17H20N4O4. The monoisotopic (exact) mass is 344 g/mol. The van der Waals surface area contributed by atoms with Crippen molar-refractivity contribution >= 4 is 11.7 Å². The number of ether oxygens (including phenoxy) is 1. The van der Waals surface area contributed by atoms with Gasteiger partial charge in [-0.25, -0.2) is 0 Å². The maximum Gasteiger partial charge on any atom is 0.324 e. The lowest BCUT2D eigenvalue weighted by molar-refractivity contribution is -0.384. The molecule has 132 valence electrons. The summed E-state index contributed by atoms with van der Waals surface area (Å²) >= 11 is 0. The van der Waals surface area contributed by atoms with Gasteiger partial charge in [0.25, 0.3) is 5.69 Å². The number of hydrogen-bond acceptors (Lipinski definition) is 7. The van der Waals surface area contributed by atoms with Crippen LogP contribution in [0.3, 0.4) is 0 Å². The third-order valence-corrected chi connectivity index (χ3v) is 5.51. The first-order chi connectivity index (χ1) is 11.9. The number of nitrogens with zero attached hydrogens (tertiary/aromatic N) is 4. The standard InChI is InChI=1S/C17H20N4O4/c1-17(2)13(12-8-9-24-14(12)17)20(3)16-18-15(19-25-16)10-4-6-11(7-5-10)21(22)23/h4-7,12-14H,8-9H2,1-3H3. The Balaban J connectivity index is 1.56. The van der Waals surface area contributed by atoms with Crippen molar-refractivity contribution in [1.29, 1.82) is 0 Å². The molecule has 2 aromatic rings. The van der Waals surface area contributed by atoms with Crippen molar-refractivity contribution in [3.63, 3.8) is 0 Å². The number of fused-ring (bicyclic) bond motifs is 1. The van der Waals surface area contributed by atoms with Crippen LogP contribution < -0.4 is 4.90 Å². The molecule has 2 fully saturated rings. The van der Waals surface area contributed by atoms with Gasteiger partial charge in [-0.15, -0.1) is 0 Å². The van der Waals surface area contributed by atoms with Crippen LogP contribution in [0.2, 0.25) is 0 Å². The lowest BCUT2D eigenvalue weighted by Crippen LogP contribution is -2.66. The second-order valence-electron chi connectivity index (χ2n) is 7.33. The molecule has 1 aromatic heterocycles. The van der Waals surface area contributed by atoms with Crippen LogP contribution in [0.25, 0.3) is 11.4 Å². The van der Waals surface area contributed by atoms with Crippen LogP contribution in [0.15, 0.2) is 28.8 Å². The van der Waals surface area contributed by atoms with Crippen molar-refractivity contribution < 1.29 is 14.2 Å². The largest absolute Gasteiger partial charge is 0.377 e. The Bertz CT molecular complexity index is 801. The van der Waals surface area contributed by atoms with E-state index in [0.29, 0.717) is 23.3 Å². The molecule has 0 radical (unpaired) electrons. The average molecular weight is 344 g/mol. The van der Waals surface area contributed by atoms with Gasteiger partial charge in [-0.2, -0.15) is 4.98 Å². The zero-order valence-electron chi connectivity index (χ0n) is 14.4. The van der Waals surface area contributed by atoms with Crippen molar-refractivity contribution in [1.82, 2.24) is 10.1 Å². The molecule has 8 heteroatoms. The first-order valence-electron chi connectivity index (χ1n) is 8.32. The summed E-state index contributed by atoms with van der Waals surface area (Å²) < 4.78 is 11.3. The van der Waals surface area contributed by atoms with E-state index in [1.165, 1.54) is 12.1 Å². The van der Waals surface area contributed by atoms with E-state index in [0.717, 1.165) is 13.0 Å². The van der Waals surface area contributed by atoms with Gasteiger partial charge in [0, 0.05) is 48.7 Å². The highest BCUT2D eigenvalue weighted by molar-refractivity contribution is 5.58. The SMILES string of the molecule is CN(c1nc(-c2ccc([N+](=O)[O-])cc2)no1)C1C2CCOC2C1(C)C. The fraction of sp³-hybridized carbons (Fsp3) is 0.529. The van der Waals surface area contributed by atoms with E-state index in [2.05, 4.69) is 24.0 Å². The Labute approximate surface area is 144 Å². The first kappa shape index (κ1) is 16.0. The van der Waals surface area contributed by atoms with Gasteiger partial charge in [-0.3, -0.25) is 10.1 Å². The zero-order chi connectivity index (χ0) is 17.8. The van der Waals surface area contributed by atoms with E-state index in [-0.39, 0.29) is 23.2 Å². The Kier molecular flexibility index (Phi) is 3.54. The van der Waals surface area contributed by atoms with Crippen molar-refractivity contribution in [2.45, 2.75) is 32.4 Å². The van der Waals surface area contributed by atoms with Gasteiger partial charge in [0.2, 0.25) is 5.82 Å². The summed E-state index contributed by atoms with van der Waals surface area (Å²) in [6.45, 7) is 5.21. The highest BCUT2D eigenvalue weighted by Crippen LogP contribution is 2.54. The molecule has 0 amide bonds. The van der Waals surface area contributed by atoms with Crippen LogP contribution in [0.4, 0.5) is 11.7 Å². The summed E-state index contributed by atoms with van der Waals surface area (Å²) in [7, 11) is 1.97. The van der Waals surface area contributed by atoms with E-state index in [1.807, 2.05) is 11.9 Å². The molecule has 25 heavy (non-hydrogen) atoms. The molecule has 8 nitrogen and oxygen atoms in total. The molecule has 0 spiro atoms. The topological polar surface area (TPSA) is 94.5 Å². The molecule has 1 saturated heterocycles. The Morgan fingerprint density at radius 3 is 2.72 bits per heavy atom. The van der Waals surface area contributed by atoms with E-state index in [9.17, 15) is 10.1 Å². The van der Waals surface area contributed by atoms with Crippen LogP contribution in [0, 0.1) is 21.4 Å². The summed E-state index contributed by atoms with van der Waals surface area (Å²) in [5.74, 6) is 0.905. The van der Waals surface area contributed by atoms with Crippen LogP contribution in [-0.4, -0.2) is 40.9 Å². The summed E-state index contributed by atoms with van der Waals surface area (Å²) in [6, 6.07) is 6.86. The molecule has 1 aliphatic carbocycles. The third-order valence-electron chi connectivity index (χ3n) is 5.51. The smallest absolute Gasteiger partial charge is 0.324 e. The molecule has 4 rings (SSSR count). The number of aromatic nitrogens is 2. The van der Waals surface area contributed by atoms with E-state index in [1.54, 1.807) is 12.1 Å². The Morgan fingerprint density at radius 1 is 1.32 bits per heavy atom. The van der Waals surface area contributed by atoms with Crippen molar-refractivity contribution in [2.75, 3.05) is 18.6 Å². The summed E-state index contributed by atoms with van der Waals surface area (Å²) in [6.07, 6.45) is 1.34. The van der Waals surface area contributed by atoms with Crippen molar-refractivity contribution in [3.05, 3.63) is 34.4 Å². The van der Waals surface area contributed by atoms with Crippen LogP contribution in [-0.2, 0) is 4.74 Å². The molecule has 1 aromatic carbocycles. The van der Waals surface area contributed by atoms with E-state index < -0.39 is 4.92 Å². The van der Waals surface area contributed by atoms with E-state index in [4.69, 9.17) is 9.26 Å². The minimum atomic E-state index is -0.433. The Hall–Kier alpha value is -2.48. The van der Waals surface area contributed by atoms with Crippen LogP contribution >= 0.6 is 0 Å².